The number of aromatic nitrogens is 1. The Hall–Kier alpha value is -1.05. The van der Waals surface area contributed by atoms with E-state index in [9.17, 15) is 18.0 Å². The summed E-state index contributed by atoms with van der Waals surface area (Å²) < 4.78 is 41.6. The molecule has 0 aliphatic rings. The average Bonchev–Trinajstić information content (AvgIpc) is 2.61. The summed E-state index contributed by atoms with van der Waals surface area (Å²) in [6.07, 6.45) is -3.41. The van der Waals surface area contributed by atoms with Crippen molar-refractivity contribution >= 4 is 21.8 Å². The largest absolute Gasteiger partial charge is 0.438 e. The lowest BCUT2D eigenvalue weighted by atomic mass is 10.3. The smallest absolute Gasteiger partial charge is 0.406 e. The molecule has 0 aromatic carbocycles. The molecule has 0 N–H and O–H groups in total. The van der Waals surface area contributed by atoms with Gasteiger partial charge in [0.25, 0.3) is 5.91 Å². The number of carbonyl (C=O) groups is 1. The molecule has 96 valence electrons. The van der Waals surface area contributed by atoms with Crippen LogP contribution in [0.3, 0.4) is 0 Å². The minimum Gasteiger partial charge on any atom is -0.438 e. The normalized spacial score (nSPS) is 11.6. The predicted octanol–water partition coefficient (Wildman–Crippen LogP) is 2.38. The lowest BCUT2D eigenvalue weighted by Gasteiger charge is -2.22. The lowest BCUT2D eigenvalue weighted by molar-refractivity contribution is -0.140. The molecule has 0 fully saturated rings. The van der Waals surface area contributed by atoms with E-state index < -0.39 is 18.6 Å². The van der Waals surface area contributed by atoms with Crippen LogP contribution in [-0.4, -0.2) is 40.4 Å². The number of halogens is 4. The molecule has 1 heterocycles. The number of amides is 1. The van der Waals surface area contributed by atoms with Crippen LogP contribution in [0, 0.1) is 6.92 Å². The molecule has 0 bridgehead atoms. The Balaban J connectivity index is 2.84. The fraction of sp³-hybridized carbons (Fsp3) is 0.556. The van der Waals surface area contributed by atoms with Crippen LogP contribution in [0.4, 0.5) is 13.2 Å². The highest BCUT2D eigenvalue weighted by Crippen LogP contribution is 2.19. The van der Waals surface area contributed by atoms with Crippen molar-refractivity contribution in [3.8, 4) is 0 Å². The molecule has 4 nitrogen and oxygen atoms in total. The zero-order valence-corrected chi connectivity index (χ0v) is 10.5. The Bertz CT molecular complexity index is 392. The first kappa shape index (κ1) is 14.0. The second-order valence-corrected chi connectivity index (χ2v) is 4.09. The topological polar surface area (TPSA) is 46.3 Å². The summed E-state index contributed by atoms with van der Waals surface area (Å²) in [4.78, 5) is 16.1. The minimum absolute atomic E-state index is 0.0571. The molecular weight excluding hydrogens is 305 g/mol. The van der Waals surface area contributed by atoms with E-state index in [-0.39, 0.29) is 23.3 Å². The number of carbonyl (C=O) groups excluding carboxylic acids is 1. The van der Waals surface area contributed by atoms with Crippen molar-refractivity contribution in [3.63, 3.8) is 0 Å². The number of hydrogen-bond acceptors (Lipinski definition) is 3. The van der Waals surface area contributed by atoms with Gasteiger partial charge in [-0.25, -0.2) is 4.98 Å². The van der Waals surface area contributed by atoms with Crippen molar-refractivity contribution in [2.75, 3.05) is 18.4 Å². The zero-order chi connectivity index (χ0) is 13.1. The number of nitrogens with zero attached hydrogens (tertiary/aromatic N) is 2. The first-order chi connectivity index (χ1) is 7.85. The van der Waals surface area contributed by atoms with Gasteiger partial charge in [-0.1, -0.05) is 15.9 Å². The first-order valence-corrected chi connectivity index (χ1v) is 5.79. The summed E-state index contributed by atoms with van der Waals surface area (Å²) in [6, 6.07) is 0. The SMILES string of the molecule is Cc1ncoc1C(=O)N(CCBr)CC(F)(F)F. The summed E-state index contributed by atoms with van der Waals surface area (Å²) in [6.45, 7) is 0.132. The van der Waals surface area contributed by atoms with Crippen molar-refractivity contribution in [1.29, 1.82) is 0 Å². The second-order valence-electron chi connectivity index (χ2n) is 3.30. The molecule has 1 amide bonds. The second kappa shape index (κ2) is 5.52. The Morgan fingerprint density at radius 2 is 2.24 bits per heavy atom. The fourth-order valence-corrected chi connectivity index (χ4v) is 1.65. The molecule has 1 aromatic heterocycles. The van der Waals surface area contributed by atoms with Gasteiger partial charge in [0.05, 0.1) is 5.69 Å². The molecule has 1 aromatic rings. The van der Waals surface area contributed by atoms with E-state index in [1.54, 1.807) is 0 Å². The van der Waals surface area contributed by atoms with Crippen molar-refractivity contribution in [2.24, 2.45) is 0 Å². The van der Waals surface area contributed by atoms with E-state index in [2.05, 4.69) is 20.9 Å². The van der Waals surface area contributed by atoms with Crippen molar-refractivity contribution in [1.82, 2.24) is 9.88 Å². The van der Waals surface area contributed by atoms with Gasteiger partial charge < -0.3 is 9.32 Å². The van der Waals surface area contributed by atoms with Crippen molar-refractivity contribution in [2.45, 2.75) is 13.1 Å². The van der Waals surface area contributed by atoms with Crippen LogP contribution in [0.25, 0.3) is 0 Å². The van der Waals surface area contributed by atoms with Gasteiger partial charge in [-0.15, -0.1) is 0 Å². The van der Waals surface area contributed by atoms with E-state index in [0.717, 1.165) is 6.39 Å². The van der Waals surface area contributed by atoms with E-state index in [1.165, 1.54) is 6.92 Å². The third-order valence-electron chi connectivity index (χ3n) is 1.95. The van der Waals surface area contributed by atoms with Gasteiger partial charge >= 0.3 is 6.18 Å². The molecule has 0 spiro atoms. The molecular formula is C9H10BrF3N2O2. The van der Waals surface area contributed by atoms with Gasteiger partial charge in [-0.3, -0.25) is 4.79 Å². The van der Waals surface area contributed by atoms with Crippen LogP contribution < -0.4 is 0 Å². The van der Waals surface area contributed by atoms with E-state index >= 15 is 0 Å². The summed E-state index contributed by atoms with van der Waals surface area (Å²) in [5, 5.41) is 0.252. The maximum Gasteiger partial charge on any atom is 0.406 e. The van der Waals surface area contributed by atoms with E-state index in [1.807, 2.05) is 0 Å². The Labute approximate surface area is 104 Å². The maximum atomic E-state index is 12.3. The summed E-state index contributed by atoms with van der Waals surface area (Å²) in [5.74, 6) is -0.966. The van der Waals surface area contributed by atoms with Crippen LogP contribution >= 0.6 is 15.9 Å². The van der Waals surface area contributed by atoms with Gasteiger partial charge in [0.2, 0.25) is 5.76 Å². The summed E-state index contributed by atoms with van der Waals surface area (Å²) >= 11 is 3.00. The highest BCUT2D eigenvalue weighted by Gasteiger charge is 2.34. The van der Waals surface area contributed by atoms with Gasteiger partial charge in [-0.2, -0.15) is 13.2 Å². The van der Waals surface area contributed by atoms with Crippen LogP contribution in [-0.2, 0) is 0 Å². The highest BCUT2D eigenvalue weighted by molar-refractivity contribution is 9.09. The number of hydrogen-bond donors (Lipinski definition) is 0. The molecule has 1 rings (SSSR count). The molecule has 0 saturated carbocycles. The average molecular weight is 315 g/mol. The minimum atomic E-state index is -4.44. The van der Waals surface area contributed by atoms with Crippen LogP contribution in [0.15, 0.2) is 10.8 Å². The summed E-state index contributed by atoms with van der Waals surface area (Å²) in [5.41, 5.74) is 0.275. The Kier molecular flexibility index (Phi) is 4.55. The fourth-order valence-electron chi connectivity index (χ4n) is 1.22. The zero-order valence-electron chi connectivity index (χ0n) is 8.92. The lowest BCUT2D eigenvalue weighted by Crippen LogP contribution is -2.40. The van der Waals surface area contributed by atoms with Crippen LogP contribution in [0.2, 0.25) is 0 Å². The molecule has 0 atom stereocenters. The predicted molar refractivity (Wildman–Crippen MR) is 57.0 cm³/mol. The third kappa shape index (κ3) is 4.03. The maximum absolute atomic E-state index is 12.3. The number of alkyl halides is 4. The molecule has 0 radical (unpaired) electrons. The number of oxazole rings is 1. The number of aryl methyl sites for hydroxylation is 1. The first-order valence-electron chi connectivity index (χ1n) is 4.67. The molecule has 0 aliphatic heterocycles. The monoisotopic (exact) mass is 314 g/mol. The van der Waals surface area contributed by atoms with Crippen molar-refractivity contribution in [3.05, 3.63) is 17.8 Å². The Morgan fingerprint density at radius 1 is 1.59 bits per heavy atom. The molecule has 0 unspecified atom stereocenters. The summed E-state index contributed by atoms with van der Waals surface area (Å²) in [7, 11) is 0. The van der Waals surface area contributed by atoms with Gasteiger partial charge in [0.15, 0.2) is 6.39 Å². The highest BCUT2D eigenvalue weighted by atomic mass is 79.9. The molecule has 0 aliphatic carbocycles. The van der Waals surface area contributed by atoms with Gasteiger partial charge in [-0.05, 0) is 6.92 Å². The molecule has 0 saturated heterocycles. The third-order valence-corrected chi connectivity index (χ3v) is 2.31. The van der Waals surface area contributed by atoms with Crippen LogP contribution in [0.5, 0.6) is 0 Å². The van der Waals surface area contributed by atoms with Gasteiger partial charge in [0, 0.05) is 11.9 Å². The quantitative estimate of drug-likeness (QED) is 0.802. The molecule has 8 heteroatoms. The van der Waals surface area contributed by atoms with E-state index in [4.69, 9.17) is 4.42 Å². The standard InChI is InChI=1S/C9H10BrF3N2O2/c1-6-7(17-5-14-6)8(16)15(3-2-10)4-9(11,12)13/h5H,2-4H2,1H3. The van der Waals surface area contributed by atoms with Crippen LogP contribution in [0.1, 0.15) is 16.2 Å². The Morgan fingerprint density at radius 3 is 2.65 bits per heavy atom. The molecule has 17 heavy (non-hydrogen) atoms. The van der Waals surface area contributed by atoms with Gasteiger partial charge in [0.1, 0.15) is 6.54 Å². The van der Waals surface area contributed by atoms with E-state index in [0.29, 0.717) is 4.90 Å². The van der Waals surface area contributed by atoms with Crippen molar-refractivity contribution < 1.29 is 22.4 Å². The number of rotatable bonds is 4.